The first kappa shape index (κ1) is 17.5. The van der Waals surface area contributed by atoms with Crippen molar-refractivity contribution in [2.75, 3.05) is 7.05 Å². The predicted octanol–water partition coefficient (Wildman–Crippen LogP) is 2.00. The molecule has 0 aliphatic rings. The van der Waals surface area contributed by atoms with Crippen molar-refractivity contribution in [1.29, 1.82) is 0 Å². The molecule has 0 saturated heterocycles. The molecule has 1 aromatic heterocycles. The van der Waals surface area contributed by atoms with Gasteiger partial charge in [-0.25, -0.2) is 5.84 Å². The molecular weight excluding hydrogens is 235 g/mol. The lowest BCUT2D eigenvalue weighted by Gasteiger charge is -2.18. The van der Waals surface area contributed by atoms with Crippen molar-refractivity contribution in [2.45, 2.75) is 40.4 Å². The Balaban J connectivity index is 0.00000154. The van der Waals surface area contributed by atoms with Gasteiger partial charge < -0.3 is 10.7 Å². The zero-order chi connectivity index (χ0) is 15.0. The fourth-order valence-corrected chi connectivity index (χ4v) is 1.67. The van der Waals surface area contributed by atoms with Gasteiger partial charge in [-0.05, 0) is 31.3 Å². The second-order valence-electron chi connectivity index (χ2n) is 3.99. The number of rotatable bonds is 4. The average molecular weight is 260 g/mol. The lowest BCUT2D eigenvalue weighted by atomic mass is 9.99. The van der Waals surface area contributed by atoms with Crippen LogP contribution in [-0.4, -0.2) is 24.9 Å². The molecular formula is C14H25BN4. The summed E-state index contributed by atoms with van der Waals surface area (Å²) in [7, 11) is 7.34. The fraction of sp³-hybridized carbons (Fsp3) is 0.500. The first-order valence-electron chi connectivity index (χ1n) is 6.65. The molecule has 0 aliphatic carbocycles. The van der Waals surface area contributed by atoms with Gasteiger partial charge in [-0.3, -0.25) is 4.98 Å². The Hall–Kier alpha value is -1.49. The summed E-state index contributed by atoms with van der Waals surface area (Å²) >= 11 is 0. The molecule has 1 heterocycles. The van der Waals surface area contributed by atoms with Crippen LogP contribution in [0.15, 0.2) is 17.8 Å². The van der Waals surface area contributed by atoms with E-state index in [1.807, 2.05) is 32.9 Å². The maximum Gasteiger partial charge on any atom is 0.0880 e. The highest BCUT2D eigenvalue weighted by Crippen LogP contribution is 2.17. The van der Waals surface area contributed by atoms with E-state index in [4.69, 9.17) is 19.4 Å². The monoisotopic (exact) mass is 260 g/mol. The number of allylic oxidation sites excluding steroid dienone is 1. The number of aromatic nitrogens is 1. The highest BCUT2D eigenvalue weighted by Gasteiger charge is 2.09. The van der Waals surface area contributed by atoms with Crippen molar-refractivity contribution in [3.8, 4) is 0 Å². The Morgan fingerprint density at radius 3 is 2.37 bits per heavy atom. The first-order valence-corrected chi connectivity index (χ1v) is 6.65. The fourth-order valence-electron chi connectivity index (χ4n) is 1.67. The van der Waals surface area contributed by atoms with Gasteiger partial charge in [0.15, 0.2) is 0 Å². The summed E-state index contributed by atoms with van der Waals surface area (Å²) in [6.45, 7) is 8.10. The molecule has 1 aromatic rings. The lowest BCUT2D eigenvalue weighted by molar-refractivity contribution is 0.443. The minimum absolute atomic E-state index is 0.288. The van der Waals surface area contributed by atoms with Crippen LogP contribution in [0.2, 0.25) is 6.32 Å². The van der Waals surface area contributed by atoms with Crippen molar-refractivity contribution in [1.82, 2.24) is 9.99 Å². The van der Waals surface area contributed by atoms with E-state index >= 15 is 0 Å². The summed E-state index contributed by atoms with van der Waals surface area (Å²) in [5.41, 5.74) is 10.2. The summed E-state index contributed by atoms with van der Waals surface area (Å²) in [4.78, 5) is 4.52. The maximum atomic E-state index is 6.04. The lowest BCUT2D eigenvalue weighted by Crippen LogP contribution is -2.27. The van der Waals surface area contributed by atoms with Gasteiger partial charge in [0.25, 0.3) is 0 Å². The number of hydrogen-bond donors (Lipinski definition) is 2. The van der Waals surface area contributed by atoms with Gasteiger partial charge in [0.05, 0.1) is 19.2 Å². The number of pyridine rings is 1. The van der Waals surface area contributed by atoms with Crippen molar-refractivity contribution in [2.24, 2.45) is 11.6 Å². The van der Waals surface area contributed by atoms with E-state index < -0.39 is 0 Å². The summed E-state index contributed by atoms with van der Waals surface area (Å²) < 4.78 is 0. The van der Waals surface area contributed by atoms with Crippen molar-refractivity contribution in [3.05, 3.63) is 34.8 Å². The van der Waals surface area contributed by atoms with Crippen molar-refractivity contribution < 1.29 is 0 Å². The molecule has 4 N–H and O–H groups in total. The molecule has 0 atom stereocenters. The molecule has 4 nitrogen and oxygen atoms in total. The third-order valence-electron chi connectivity index (χ3n) is 2.74. The van der Waals surface area contributed by atoms with E-state index in [-0.39, 0.29) is 6.32 Å². The van der Waals surface area contributed by atoms with Gasteiger partial charge in [-0.1, -0.05) is 26.8 Å². The Morgan fingerprint density at radius 1 is 1.37 bits per heavy atom. The van der Waals surface area contributed by atoms with Crippen LogP contribution in [-0.2, 0) is 6.42 Å². The van der Waals surface area contributed by atoms with E-state index in [0.717, 1.165) is 17.8 Å². The minimum Gasteiger partial charge on any atom is -0.396 e. The van der Waals surface area contributed by atoms with Crippen molar-refractivity contribution in [3.63, 3.8) is 0 Å². The summed E-state index contributed by atoms with van der Waals surface area (Å²) in [6.07, 6.45) is 1.17. The number of nitrogens with zero attached hydrogens (tertiary/aromatic N) is 2. The molecule has 0 amide bonds. The van der Waals surface area contributed by atoms with E-state index in [1.165, 1.54) is 10.6 Å². The van der Waals surface area contributed by atoms with Gasteiger partial charge in [0.2, 0.25) is 0 Å². The quantitative estimate of drug-likeness (QED) is 0.493. The zero-order valence-electron chi connectivity index (χ0n) is 12.7. The largest absolute Gasteiger partial charge is 0.396 e. The summed E-state index contributed by atoms with van der Waals surface area (Å²) in [6, 6.07) is 3.90. The average Bonchev–Trinajstić information content (AvgIpc) is 2.41. The number of nitrogens with two attached hydrogens (primary N) is 2. The standard InChI is InChI=1S/C12H19BN4.C2H6/c1-4-9-8(2)5-6-10(16-9)12(14)11(7-13)17(3)15;1-2/h5-6H,4,7,14-15H2,1-3H3;1-2H3/b12-11-;. The Labute approximate surface area is 118 Å². The highest BCUT2D eigenvalue weighted by molar-refractivity contribution is 6.10. The van der Waals surface area contributed by atoms with Crippen LogP contribution in [0.3, 0.4) is 0 Å². The molecule has 5 heteroatoms. The van der Waals surface area contributed by atoms with Crippen LogP contribution in [0, 0.1) is 6.92 Å². The van der Waals surface area contributed by atoms with Gasteiger partial charge >= 0.3 is 0 Å². The minimum atomic E-state index is 0.288. The summed E-state index contributed by atoms with van der Waals surface area (Å²) in [5, 5.41) is 1.43. The van der Waals surface area contributed by atoms with Crippen molar-refractivity contribution >= 4 is 13.5 Å². The third-order valence-corrected chi connectivity index (χ3v) is 2.74. The smallest absolute Gasteiger partial charge is 0.0880 e. The topological polar surface area (TPSA) is 68.2 Å². The molecule has 0 aromatic carbocycles. The van der Waals surface area contributed by atoms with Crippen LogP contribution in [0.25, 0.3) is 5.70 Å². The first-order chi connectivity index (χ1) is 9.01. The van der Waals surface area contributed by atoms with Crippen LogP contribution in [0.5, 0.6) is 0 Å². The van der Waals surface area contributed by atoms with E-state index in [2.05, 4.69) is 11.9 Å². The molecule has 104 valence electrons. The number of hydrogen-bond acceptors (Lipinski definition) is 4. The molecule has 2 radical (unpaired) electrons. The summed E-state index contributed by atoms with van der Waals surface area (Å²) in [5.74, 6) is 5.67. The number of hydrazine groups is 1. The van der Waals surface area contributed by atoms with Crippen LogP contribution in [0.4, 0.5) is 0 Å². The van der Waals surface area contributed by atoms with E-state index in [1.54, 1.807) is 7.05 Å². The van der Waals surface area contributed by atoms with Crippen LogP contribution >= 0.6 is 0 Å². The van der Waals surface area contributed by atoms with Crippen LogP contribution in [0.1, 0.15) is 37.7 Å². The molecule has 0 fully saturated rings. The van der Waals surface area contributed by atoms with Crippen LogP contribution < -0.4 is 11.6 Å². The second-order valence-corrected chi connectivity index (χ2v) is 3.99. The molecule has 0 aliphatic heterocycles. The third kappa shape index (κ3) is 4.60. The van der Waals surface area contributed by atoms with E-state index in [9.17, 15) is 0 Å². The molecule has 0 spiro atoms. The van der Waals surface area contributed by atoms with E-state index in [0.29, 0.717) is 11.4 Å². The SMILES string of the molecule is CC.[B]C/C(=C(/N)c1ccc(C)c(CC)n1)N(C)N. The second kappa shape index (κ2) is 8.59. The molecule has 0 bridgehead atoms. The highest BCUT2D eigenvalue weighted by atomic mass is 15.4. The maximum absolute atomic E-state index is 6.04. The van der Waals surface area contributed by atoms with Gasteiger partial charge in [0, 0.05) is 18.4 Å². The Morgan fingerprint density at radius 2 is 1.95 bits per heavy atom. The Bertz CT molecular complexity index is 427. The van der Waals surface area contributed by atoms with Gasteiger partial charge in [-0.15, -0.1) is 0 Å². The normalized spacial score (nSPS) is 11.3. The molecule has 1 rings (SSSR count). The molecule has 0 saturated carbocycles. The number of aryl methyl sites for hydroxylation is 2. The zero-order valence-corrected chi connectivity index (χ0v) is 12.7. The van der Waals surface area contributed by atoms with Gasteiger partial charge in [-0.2, -0.15) is 0 Å². The predicted molar refractivity (Wildman–Crippen MR) is 83.3 cm³/mol. The Kier molecular flexibility index (Phi) is 7.92. The molecule has 19 heavy (non-hydrogen) atoms. The molecule has 0 unspecified atom stereocenters. The van der Waals surface area contributed by atoms with Gasteiger partial charge in [0.1, 0.15) is 0 Å².